The van der Waals surface area contributed by atoms with Crippen molar-refractivity contribution in [2.45, 2.75) is 43.2 Å². The molecule has 0 spiro atoms. The number of aromatic nitrogens is 4. The van der Waals surface area contributed by atoms with Crippen LogP contribution in [0.15, 0.2) is 65.8 Å². The van der Waals surface area contributed by atoms with Crippen molar-refractivity contribution in [1.29, 1.82) is 0 Å². The van der Waals surface area contributed by atoms with E-state index in [0.717, 1.165) is 36.8 Å². The molecule has 2 aromatic heterocycles. The molecule has 10 nitrogen and oxygen atoms in total. The summed E-state index contributed by atoms with van der Waals surface area (Å²) in [6.45, 7) is 0.641. The van der Waals surface area contributed by atoms with E-state index in [4.69, 9.17) is 43.2 Å². The van der Waals surface area contributed by atoms with E-state index in [0.29, 0.717) is 35.5 Å². The number of sulfonamides is 1. The van der Waals surface area contributed by atoms with E-state index >= 15 is 0 Å². The van der Waals surface area contributed by atoms with Crippen LogP contribution in [-0.4, -0.2) is 58.7 Å². The second-order valence-electron chi connectivity index (χ2n) is 9.69. The number of amides is 1. The summed E-state index contributed by atoms with van der Waals surface area (Å²) in [4.78, 5) is 24.2. The van der Waals surface area contributed by atoms with Crippen LogP contribution in [0.2, 0.25) is 10.0 Å². The third kappa shape index (κ3) is 6.38. The van der Waals surface area contributed by atoms with Gasteiger partial charge in [0.25, 0.3) is 5.91 Å². The lowest BCUT2D eigenvalue weighted by molar-refractivity contribution is 0.0671. The van der Waals surface area contributed by atoms with Gasteiger partial charge in [-0.1, -0.05) is 36.0 Å². The molecule has 2 aromatic carbocycles. The van der Waals surface area contributed by atoms with Crippen LogP contribution in [0.5, 0.6) is 5.75 Å². The van der Waals surface area contributed by atoms with E-state index in [1.54, 1.807) is 41.2 Å². The molecule has 1 aliphatic carbocycles. The van der Waals surface area contributed by atoms with Crippen LogP contribution in [0.1, 0.15) is 36.0 Å². The Morgan fingerprint density at radius 1 is 1.05 bits per heavy atom. The molecule has 4 aromatic rings. The van der Waals surface area contributed by atoms with Gasteiger partial charge in [0.1, 0.15) is 10.6 Å². The van der Waals surface area contributed by atoms with Crippen molar-refractivity contribution in [3.8, 4) is 28.5 Å². The lowest BCUT2D eigenvalue weighted by atomic mass is 10.1. The first-order chi connectivity index (χ1) is 19.7. The summed E-state index contributed by atoms with van der Waals surface area (Å²) in [6, 6.07) is 13.2. The first-order valence-electron chi connectivity index (χ1n) is 13.0. The largest absolute Gasteiger partial charge is 0.495 e. The average molecular weight is 616 g/mol. The molecule has 1 saturated carbocycles. The molecule has 214 valence electrons. The number of nitrogens with zero attached hydrogens (tertiary/aromatic N) is 5. The van der Waals surface area contributed by atoms with Crippen LogP contribution in [0, 0.1) is 0 Å². The highest BCUT2D eigenvalue weighted by molar-refractivity contribution is 7.89. The number of ether oxygens (including phenoxy) is 1. The van der Waals surface area contributed by atoms with Crippen molar-refractivity contribution in [3.05, 3.63) is 76.5 Å². The molecular formula is C28H28Cl2N6O4S. The van der Waals surface area contributed by atoms with Crippen LogP contribution in [0.3, 0.4) is 0 Å². The normalized spacial score (nSPS) is 13.9. The van der Waals surface area contributed by atoms with Gasteiger partial charge in [0, 0.05) is 41.7 Å². The van der Waals surface area contributed by atoms with Crippen molar-refractivity contribution in [2.75, 3.05) is 13.7 Å². The highest BCUT2D eigenvalue weighted by Gasteiger charge is 2.29. The lowest BCUT2D eigenvalue weighted by Gasteiger charge is -2.29. The molecule has 1 amide bonds. The Labute approximate surface area is 248 Å². The minimum atomic E-state index is -4.11. The molecule has 0 atom stereocenters. The van der Waals surface area contributed by atoms with Crippen molar-refractivity contribution >= 4 is 39.1 Å². The van der Waals surface area contributed by atoms with Crippen LogP contribution < -0.4 is 9.88 Å². The molecule has 1 aliphatic rings. The molecular weight excluding hydrogens is 587 g/mol. The zero-order valence-electron chi connectivity index (χ0n) is 22.2. The van der Waals surface area contributed by atoms with Crippen LogP contribution in [0.4, 0.5) is 0 Å². The van der Waals surface area contributed by atoms with E-state index in [2.05, 4.69) is 4.98 Å². The Morgan fingerprint density at radius 2 is 1.78 bits per heavy atom. The van der Waals surface area contributed by atoms with E-state index in [-0.39, 0.29) is 27.4 Å². The topological polar surface area (TPSA) is 133 Å². The minimum Gasteiger partial charge on any atom is -0.495 e. The molecule has 0 unspecified atom stereocenters. The maximum absolute atomic E-state index is 13.8. The summed E-state index contributed by atoms with van der Waals surface area (Å²) in [7, 11) is -2.56. The number of methoxy groups -OCH3 is 1. The van der Waals surface area contributed by atoms with Gasteiger partial charge in [-0.25, -0.2) is 23.2 Å². The van der Waals surface area contributed by atoms with Crippen molar-refractivity contribution in [3.63, 3.8) is 0 Å². The Hall–Kier alpha value is -3.51. The van der Waals surface area contributed by atoms with Gasteiger partial charge in [-0.05, 0) is 61.4 Å². The molecule has 2 N–H and O–H groups in total. The number of hydrogen-bond donors (Lipinski definition) is 1. The quantitative estimate of drug-likeness (QED) is 0.279. The van der Waals surface area contributed by atoms with Crippen molar-refractivity contribution < 1.29 is 17.9 Å². The number of carbonyl (C=O) groups is 1. The number of nitrogens with two attached hydrogens (primary N) is 1. The highest BCUT2D eigenvalue weighted by Crippen LogP contribution is 2.31. The number of hydrogen-bond acceptors (Lipinski definition) is 7. The second-order valence-corrected chi connectivity index (χ2v) is 12.0. The Kier molecular flexibility index (Phi) is 8.60. The van der Waals surface area contributed by atoms with Gasteiger partial charge in [-0.2, -0.15) is 5.10 Å². The minimum absolute atomic E-state index is 0.00168. The zero-order valence-corrected chi connectivity index (χ0v) is 24.5. The lowest BCUT2D eigenvalue weighted by Crippen LogP contribution is -2.41. The third-order valence-corrected chi connectivity index (χ3v) is 8.77. The van der Waals surface area contributed by atoms with Gasteiger partial charge in [0.2, 0.25) is 10.0 Å². The zero-order chi connectivity index (χ0) is 29.1. The number of carbonyl (C=O) groups excluding carboxylic acids is 1. The third-order valence-electron chi connectivity index (χ3n) is 7.08. The summed E-state index contributed by atoms with van der Waals surface area (Å²) in [5, 5.41) is 10.5. The molecule has 41 heavy (non-hydrogen) atoms. The first kappa shape index (κ1) is 29.0. The number of primary sulfonamides is 1. The summed E-state index contributed by atoms with van der Waals surface area (Å²) < 4.78 is 31.2. The number of pyridine rings is 1. The standard InChI is InChI=1S/C28H28Cl2N6O4S/c1-40-24-9-7-19(16-23(24)30)27-33-26(18-10-12-32-13-11-18)34-36(27)15-14-35(21-4-2-3-5-21)28(37)20-6-8-22(29)25(17-20)41(31,38)39/h6-13,16-17,21H,2-5,14-15H2,1H3,(H2,31,38,39). The predicted octanol–water partition coefficient (Wildman–Crippen LogP) is 5.05. The van der Waals surface area contributed by atoms with Crippen molar-refractivity contribution in [1.82, 2.24) is 24.6 Å². The van der Waals surface area contributed by atoms with Crippen LogP contribution in [0.25, 0.3) is 22.8 Å². The number of halogens is 2. The number of rotatable bonds is 9. The highest BCUT2D eigenvalue weighted by atomic mass is 35.5. The molecule has 2 heterocycles. The fourth-order valence-corrected chi connectivity index (χ4v) is 6.36. The summed E-state index contributed by atoms with van der Waals surface area (Å²) in [5.74, 6) is 1.31. The van der Waals surface area contributed by atoms with E-state index in [9.17, 15) is 13.2 Å². The fourth-order valence-electron chi connectivity index (χ4n) is 5.03. The summed E-state index contributed by atoms with van der Waals surface area (Å²) in [5.41, 5.74) is 1.72. The Bertz CT molecular complexity index is 1670. The molecule has 1 fully saturated rings. The maximum Gasteiger partial charge on any atom is 0.254 e. The van der Waals surface area contributed by atoms with Gasteiger partial charge in [0.15, 0.2) is 11.6 Å². The van der Waals surface area contributed by atoms with Gasteiger partial charge < -0.3 is 9.64 Å². The molecule has 0 radical (unpaired) electrons. The van der Waals surface area contributed by atoms with Crippen LogP contribution in [-0.2, 0) is 16.6 Å². The van der Waals surface area contributed by atoms with Gasteiger partial charge in [-0.3, -0.25) is 9.78 Å². The van der Waals surface area contributed by atoms with Gasteiger partial charge in [-0.15, -0.1) is 0 Å². The Morgan fingerprint density at radius 3 is 2.44 bits per heavy atom. The molecule has 0 aliphatic heterocycles. The fraction of sp³-hybridized carbons (Fsp3) is 0.286. The average Bonchev–Trinajstić information content (AvgIpc) is 3.64. The van der Waals surface area contributed by atoms with E-state index < -0.39 is 10.0 Å². The molecule has 0 bridgehead atoms. The van der Waals surface area contributed by atoms with Crippen LogP contribution >= 0.6 is 23.2 Å². The van der Waals surface area contributed by atoms with E-state index in [1.807, 2.05) is 18.2 Å². The van der Waals surface area contributed by atoms with Crippen molar-refractivity contribution in [2.24, 2.45) is 5.14 Å². The summed E-state index contributed by atoms with van der Waals surface area (Å²) in [6.07, 6.45) is 7.04. The van der Waals surface area contributed by atoms with Gasteiger partial charge >= 0.3 is 0 Å². The second kappa shape index (κ2) is 12.2. The monoisotopic (exact) mass is 614 g/mol. The van der Waals surface area contributed by atoms with E-state index in [1.165, 1.54) is 18.2 Å². The van der Waals surface area contributed by atoms with Gasteiger partial charge in [0.05, 0.1) is 23.7 Å². The summed E-state index contributed by atoms with van der Waals surface area (Å²) >= 11 is 12.5. The molecule has 5 rings (SSSR count). The maximum atomic E-state index is 13.8. The number of benzene rings is 2. The smallest absolute Gasteiger partial charge is 0.254 e. The molecule has 0 saturated heterocycles. The molecule has 13 heteroatoms. The Balaban J connectivity index is 1.50. The SMILES string of the molecule is COc1ccc(-c2nc(-c3ccncc3)nn2CCN(C(=O)c2ccc(Cl)c(S(N)(=O)=O)c2)C2CCCC2)cc1Cl. The first-order valence-corrected chi connectivity index (χ1v) is 15.3. The predicted molar refractivity (Wildman–Crippen MR) is 156 cm³/mol.